The fourth-order valence-corrected chi connectivity index (χ4v) is 6.87. The maximum absolute atomic E-state index is 14.7. The number of hydrogen-bond donors (Lipinski definition) is 2. The number of hydrogen-bond acceptors (Lipinski definition) is 8. The van der Waals surface area contributed by atoms with Gasteiger partial charge < -0.3 is 19.7 Å². The largest absolute Gasteiger partial charge is 0.390 e. The van der Waals surface area contributed by atoms with Crippen LogP contribution in [0.5, 0.6) is 0 Å². The number of ether oxygens (including phenoxy) is 2. The van der Waals surface area contributed by atoms with Crippen molar-refractivity contribution in [3.05, 3.63) is 46.0 Å². The van der Waals surface area contributed by atoms with Gasteiger partial charge in [-0.25, -0.2) is 17.6 Å². The molecule has 1 heterocycles. The van der Waals surface area contributed by atoms with Crippen LogP contribution in [0.2, 0.25) is 0 Å². The van der Waals surface area contributed by atoms with Crippen molar-refractivity contribution in [1.29, 1.82) is 0 Å². The molecule has 6 unspecified atom stereocenters. The van der Waals surface area contributed by atoms with Crippen molar-refractivity contribution in [2.45, 2.75) is 81.9 Å². The van der Waals surface area contributed by atoms with E-state index in [0.29, 0.717) is 12.7 Å². The maximum Gasteiger partial charge on any atom is 0.264 e. The van der Waals surface area contributed by atoms with Crippen LogP contribution in [0, 0.1) is 29.2 Å². The molecule has 6 atom stereocenters. The quantitative estimate of drug-likeness (QED) is 0.100. The molecule has 2 N–H and O–H groups in total. The monoisotopic (exact) mass is 586 g/mol. The van der Waals surface area contributed by atoms with E-state index in [0.717, 1.165) is 17.3 Å². The van der Waals surface area contributed by atoms with Gasteiger partial charge in [-0.1, -0.05) is 11.6 Å². The van der Waals surface area contributed by atoms with E-state index in [1.54, 1.807) is 0 Å². The van der Waals surface area contributed by atoms with Crippen molar-refractivity contribution >= 4 is 21.9 Å². The number of aliphatic hydroxyl groups is 2. The number of benzene rings is 1. The maximum atomic E-state index is 14.7. The number of epoxide rings is 1. The summed E-state index contributed by atoms with van der Waals surface area (Å²) in [6.07, 6.45) is 1.77. The Morgan fingerprint density at radius 3 is 2.32 bits per heavy atom. The Kier molecular flexibility index (Phi) is 9.65. The Balaban J connectivity index is 1.86. The minimum absolute atomic E-state index is 0.0645. The van der Waals surface area contributed by atoms with Crippen molar-refractivity contribution < 1.29 is 49.8 Å². The number of methoxy groups -OCH3 is 1. The second-order valence-electron chi connectivity index (χ2n) is 10.4. The van der Waals surface area contributed by atoms with Crippen LogP contribution in [0.15, 0.2) is 11.6 Å². The van der Waals surface area contributed by atoms with Gasteiger partial charge in [0.1, 0.15) is 5.60 Å². The van der Waals surface area contributed by atoms with Gasteiger partial charge in [0.2, 0.25) is 0 Å². The lowest BCUT2D eigenvalue weighted by atomic mass is 9.66. The predicted molar refractivity (Wildman–Crippen MR) is 134 cm³/mol. The highest BCUT2D eigenvalue weighted by Gasteiger charge is 2.67. The minimum atomic E-state index is -4.09. The summed E-state index contributed by atoms with van der Waals surface area (Å²) in [6.45, 7) is 4.69. The smallest absolute Gasteiger partial charge is 0.264 e. The molecule has 0 aromatic heterocycles. The van der Waals surface area contributed by atoms with Gasteiger partial charge in [0, 0.05) is 35.7 Å². The standard InChI is InChI=1S/C25H34F4O7S2/c1-13(2)6-7-17-24(3,36-17)23-22(34-4)16(30)8-9-25(23,31)12-37-11-15-14(10-35-38(5,32)33)18(26)20(28)21(29)19(15)27/h6,16-17,22-23,30-31H,7-12H2,1-5H3. The number of aliphatic hydroxyl groups excluding tert-OH is 1. The van der Waals surface area contributed by atoms with Crippen LogP contribution in [-0.2, 0) is 36.1 Å². The van der Waals surface area contributed by atoms with Crippen LogP contribution >= 0.6 is 11.8 Å². The lowest BCUT2D eigenvalue weighted by Crippen LogP contribution is -2.60. The van der Waals surface area contributed by atoms with Crippen LogP contribution in [-0.4, -0.2) is 67.3 Å². The number of allylic oxidation sites excluding steroid dienone is 1. The first-order chi connectivity index (χ1) is 17.6. The molecular weight excluding hydrogens is 552 g/mol. The molecule has 0 radical (unpaired) electrons. The highest BCUT2D eigenvalue weighted by molar-refractivity contribution is 7.98. The summed E-state index contributed by atoms with van der Waals surface area (Å²) >= 11 is 0.922. The summed E-state index contributed by atoms with van der Waals surface area (Å²) in [5.74, 6) is -8.69. The van der Waals surface area contributed by atoms with Gasteiger partial charge in [0.25, 0.3) is 10.1 Å². The Bertz CT molecular complexity index is 1170. The molecule has 0 amide bonds. The molecule has 1 saturated heterocycles. The first kappa shape index (κ1) is 31.3. The summed E-state index contributed by atoms with van der Waals surface area (Å²) in [6, 6.07) is 0. The van der Waals surface area contributed by atoms with Crippen LogP contribution in [0.3, 0.4) is 0 Å². The van der Waals surface area contributed by atoms with Crippen LogP contribution in [0.25, 0.3) is 0 Å². The van der Waals surface area contributed by atoms with Crippen molar-refractivity contribution in [3.8, 4) is 0 Å². The van der Waals surface area contributed by atoms with E-state index >= 15 is 0 Å². The van der Waals surface area contributed by atoms with E-state index < -0.39 is 86.2 Å². The third-order valence-corrected chi connectivity index (χ3v) is 9.00. The number of rotatable bonds is 11. The van der Waals surface area contributed by atoms with Gasteiger partial charge in [-0.05, 0) is 40.0 Å². The molecule has 7 nitrogen and oxygen atoms in total. The molecule has 38 heavy (non-hydrogen) atoms. The van der Waals surface area contributed by atoms with Gasteiger partial charge in [0.15, 0.2) is 23.3 Å². The molecule has 1 aromatic rings. The lowest BCUT2D eigenvalue weighted by molar-refractivity contribution is -0.169. The Hall–Kier alpha value is -1.22. The van der Waals surface area contributed by atoms with Gasteiger partial charge >= 0.3 is 0 Å². The zero-order chi connectivity index (χ0) is 28.6. The first-order valence-corrected chi connectivity index (χ1v) is 15.0. The summed E-state index contributed by atoms with van der Waals surface area (Å²) in [5.41, 5.74) is -2.59. The second-order valence-corrected chi connectivity index (χ2v) is 13.0. The topological polar surface area (TPSA) is 106 Å². The second kappa shape index (κ2) is 11.7. The van der Waals surface area contributed by atoms with E-state index in [-0.39, 0.29) is 24.7 Å². The zero-order valence-electron chi connectivity index (χ0n) is 21.9. The molecule has 216 valence electrons. The Morgan fingerprint density at radius 2 is 1.76 bits per heavy atom. The van der Waals surface area contributed by atoms with Gasteiger partial charge in [0.05, 0.1) is 36.8 Å². The zero-order valence-corrected chi connectivity index (χ0v) is 23.5. The first-order valence-electron chi connectivity index (χ1n) is 12.1. The molecule has 0 bridgehead atoms. The number of halogens is 4. The normalized spacial score (nSPS) is 31.3. The Morgan fingerprint density at radius 1 is 1.16 bits per heavy atom. The molecular formula is C25H34F4O7S2. The predicted octanol–water partition coefficient (Wildman–Crippen LogP) is 3.98. The highest BCUT2D eigenvalue weighted by atomic mass is 32.2. The molecule has 1 aliphatic heterocycles. The third-order valence-electron chi connectivity index (χ3n) is 7.26. The lowest BCUT2D eigenvalue weighted by Gasteiger charge is -2.48. The van der Waals surface area contributed by atoms with Crippen LogP contribution < -0.4 is 0 Å². The molecule has 1 aromatic carbocycles. The van der Waals surface area contributed by atoms with Gasteiger partial charge in [-0.3, -0.25) is 4.18 Å². The van der Waals surface area contributed by atoms with Crippen molar-refractivity contribution in [2.75, 3.05) is 19.1 Å². The number of thioether (sulfide) groups is 1. The fourth-order valence-electron chi connectivity index (χ4n) is 5.25. The Labute approximate surface area is 224 Å². The van der Waals surface area contributed by atoms with Gasteiger partial charge in [-0.15, -0.1) is 0 Å². The average Bonchev–Trinajstić information content (AvgIpc) is 3.50. The average molecular weight is 587 g/mol. The van der Waals surface area contributed by atoms with Crippen LogP contribution in [0.4, 0.5) is 17.6 Å². The molecule has 2 aliphatic rings. The van der Waals surface area contributed by atoms with Gasteiger partial charge in [-0.2, -0.15) is 20.2 Å². The van der Waals surface area contributed by atoms with E-state index in [1.165, 1.54) is 7.11 Å². The minimum Gasteiger partial charge on any atom is -0.390 e. The highest BCUT2D eigenvalue weighted by Crippen LogP contribution is 2.55. The van der Waals surface area contributed by atoms with Crippen molar-refractivity contribution in [3.63, 3.8) is 0 Å². The van der Waals surface area contributed by atoms with E-state index in [9.17, 15) is 36.2 Å². The van der Waals surface area contributed by atoms with E-state index in [2.05, 4.69) is 4.18 Å². The van der Waals surface area contributed by atoms with Crippen molar-refractivity contribution in [1.82, 2.24) is 0 Å². The SMILES string of the molecule is COC1C(O)CCC(O)(CSCc2c(F)c(F)c(F)c(F)c2COS(C)(=O)=O)C1C1(C)OC1CC=C(C)C. The van der Waals surface area contributed by atoms with E-state index in [1.807, 2.05) is 26.8 Å². The molecule has 0 spiro atoms. The summed E-state index contributed by atoms with van der Waals surface area (Å²) in [5, 5.41) is 22.4. The molecule has 3 rings (SSSR count). The summed E-state index contributed by atoms with van der Waals surface area (Å²) in [7, 11) is -2.67. The van der Waals surface area contributed by atoms with Crippen LogP contribution in [0.1, 0.15) is 51.2 Å². The van der Waals surface area contributed by atoms with E-state index in [4.69, 9.17) is 9.47 Å². The molecule has 1 aliphatic carbocycles. The summed E-state index contributed by atoms with van der Waals surface area (Å²) < 4.78 is 95.9. The molecule has 13 heteroatoms. The molecule has 1 saturated carbocycles. The third kappa shape index (κ3) is 6.56. The summed E-state index contributed by atoms with van der Waals surface area (Å²) in [4.78, 5) is 0. The fraction of sp³-hybridized carbons (Fsp3) is 0.680. The molecule has 2 fully saturated rings. The van der Waals surface area contributed by atoms with Crippen molar-refractivity contribution in [2.24, 2.45) is 5.92 Å².